The number of hydrogen-bond donors (Lipinski definition) is 8. The van der Waals surface area contributed by atoms with E-state index in [9.17, 15) is 14.7 Å². The molecule has 0 spiro atoms. The molecular weight excluding hydrogens is 1420 g/mol. The largest absolute Gasteiger partial charge is 0.497 e. The highest BCUT2D eigenvalue weighted by Gasteiger charge is 2.47. The van der Waals surface area contributed by atoms with Crippen LogP contribution in [0.2, 0.25) is 28.2 Å². The number of carboxylic acid groups (broad SMARTS) is 1. The van der Waals surface area contributed by atoms with E-state index < -0.39 is 115 Å². The second kappa shape index (κ2) is 30.0. The highest BCUT2D eigenvalue weighted by Crippen LogP contribution is 2.50. The van der Waals surface area contributed by atoms with Crippen LogP contribution in [-0.2, 0) is 49.1 Å². The van der Waals surface area contributed by atoms with Gasteiger partial charge in [0.25, 0.3) is 0 Å². The van der Waals surface area contributed by atoms with Crippen LogP contribution in [0, 0.1) is 0 Å². The van der Waals surface area contributed by atoms with Gasteiger partial charge in [0.1, 0.15) is 82.1 Å². The summed E-state index contributed by atoms with van der Waals surface area (Å²) in [4.78, 5) is 123. The summed E-state index contributed by atoms with van der Waals surface area (Å²) in [6.07, 6.45) is -2.84. The monoisotopic (exact) mass is 1500 g/mol. The van der Waals surface area contributed by atoms with E-state index >= 15 is 28.8 Å². The molecule has 30 heteroatoms. The number of amides is 7. The first kappa shape index (κ1) is 75.2. The lowest BCUT2D eigenvalue weighted by Gasteiger charge is -2.42. The van der Waals surface area contributed by atoms with E-state index in [0.717, 1.165) is 0 Å². The van der Waals surface area contributed by atoms with Crippen molar-refractivity contribution in [3.05, 3.63) is 164 Å². The zero-order chi connectivity index (χ0) is 75.9. The predicted molar refractivity (Wildman–Crippen MR) is 386 cm³/mol. The van der Waals surface area contributed by atoms with Gasteiger partial charge in [0.2, 0.25) is 41.2 Å². The predicted octanol–water partition coefficient (Wildman–Crippen LogP) is 11.4. The third kappa shape index (κ3) is 15.9. The molecule has 6 aliphatic rings. The van der Waals surface area contributed by atoms with Crippen LogP contribution < -0.4 is 79.8 Å². The fraction of sp³-hybridized carbons (Fsp3) is 0.333. The number of halogens is 2. The molecular formula is C75H79Cl2N7O20Si. The van der Waals surface area contributed by atoms with Gasteiger partial charge in [-0.15, -0.1) is 0 Å². The maximum absolute atomic E-state index is 16.5. The van der Waals surface area contributed by atoms with Crippen molar-refractivity contribution in [1.29, 1.82) is 0 Å². The Hall–Kier alpha value is -10.9. The molecule has 17 bridgehead atoms. The van der Waals surface area contributed by atoms with E-state index in [1.54, 1.807) is 32.9 Å². The van der Waals surface area contributed by atoms with E-state index in [0.29, 0.717) is 5.56 Å². The Kier molecular flexibility index (Phi) is 21.5. The third-order valence-corrected chi connectivity index (χ3v) is 23.6. The van der Waals surface area contributed by atoms with Crippen molar-refractivity contribution in [1.82, 2.24) is 37.2 Å². The van der Waals surface area contributed by atoms with Gasteiger partial charge in [0.05, 0.1) is 58.8 Å². The number of carbonyl (C=O) groups is 8. The van der Waals surface area contributed by atoms with Crippen molar-refractivity contribution in [2.45, 2.75) is 120 Å². The lowest BCUT2D eigenvalue weighted by atomic mass is 9.89. The highest BCUT2D eigenvalue weighted by molar-refractivity contribution is 6.74. The van der Waals surface area contributed by atoms with Crippen LogP contribution in [0.25, 0.3) is 11.1 Å². The standard InChI is InChI=1S/C75H79Cl2N7O20Si/c1-74(2,3)103-73(93)84-59-37-17-22-52(97-10)53(29-37)100-43-26-39(25-41(32-43)94-7)60-69(88)81-61-40-30-55(101-50-19-15-35(23-46(50)76)24-48(66(85)79-60)78-67(59)86)65(99-12)56(31-40)102-51-21-18-38(28-47(51)77)64(104-105(13,14)75(4,5)6)63-71(90)82-62(72(91)92)45-33-42(95-8)34-54(98-11)57(45)44-27-36(16-20-49(44)96-9)58(68(87)83-63)80-70(61)89/h15-23,25-34,48,58-64H,24H2,1-14H3,(H,78,86)(H,79,85)(H,80,89)(H,81,88)(H,82,90)(H,83,87)(H,84,93)(H,91,92)/t48-,58-,59+,60+,61-,62+,63+,64-/m1/s1. The van der Waals surface area contributed by atoms with E-state index in [1.807, 2.05) is 33.9 Å². The molecule has 6 aliphatic heterocycles. The molecule has 0 aromatic heterocycles. The van der Waals surface area contributed by atoms with Gasteiger partial charge >= 0.3 is 12.1 Å². The summed E-state index contributed by atoms with van der Waals surface area (Å²) >= 11 is 14.5. The van der Waals surface area contributed by atoms with Crippen molar-refractivity contribution in [3.63, 3.8) is 0 Å². The molecule has 7 aromatic carbocycles. The summed E-state index contributed by atoms with van der Waals surface area (Å²) in [5.41, 5.74) is -0.403. The number of methoxy groups -OCH3 is 6. The molecule has 0 unspecified atom stereocenters. The molecule has 7 amide bonds. The minimum absolute atomic E-state index is 0.00898. The van der Waals surface area contributed by atoms with Crippen LogP contribution in [0.4, 0.5) is 4.79 Å². The fourth-order valence-electron chi connectivity index (χ4n) is 12.3. The summed E-state index contributed by atoms with van der Waals surface area (Å²) in [6, 6.07) is 14.9. The number of aliphatic carboxylic acids is 1. The van der Waals surface area contributed by atoms with Crippen LogP contribution in [0.5, 0.6) is 69.0 Å². The molecule has 0 saturated carbocycles. The average molecular weight is 1500 g/mol. The van der Waals surface area contributed by atoms with Gasteiger partial charge in [-0.2, -0.15) is 0 Å². The van der Waals surface area contributed by atoms with Crippen LogP contribution in [0.15, 0.2) is 115 Å². The Morgan fingerprint density at radius 2 is 1.08 bits per heavy atom. The molecule has 0 saturated heterocycles. The van der Waals surface area contributed by atoms with Crippen LogP contribution in [0.3, 0.4) is 0 Å². The maximum atomic E-state index is 16.5. The first-order chi connectivity index (χ1) is 49.7. The summed E-state index contributed by atoms with van der Waals surface area (Å²) in [6.45, 7) is 14.6. The average Bonchev–Trinajstić information content (AvgIpc) is 0.758. The van der Waals surface area contributed by atoms with Crippen molar-refractivity contribution < 1.29 is 95.3 Å². The number of carbonyl (C=O) groups excluding carboxylic acids is 7. The molecule has 6 heterocycles. The van der Waals surface area contributed by atoms with Gasteiger partial charge in [-0.1, -0.05) is 68.2 Å². The van der Waals surface area contributed by atoms with Crippen molar-refractivity contribution in [2.75, 3.05) is 42.7 Å². The number of ether oxygens (including phenoxy) is 10. The molecule has 0 fully saturated rings. The number of fused-ring (bicyclic) bond motifs is 14. The first-order valence-electron chi connectivity index (χ1n) is 33.1. The number of benzene rings is 7. The summed E-state index contributed by atoms with van der Waals surface area (Å²) in [5, 5.41) is 30.1. The fourth-order valence-corrected chi connectivity index (χ4v) is 14.0. The van der Waals surface area contributed by atoms with Gasteiger partial charge in [-0.25, -0.2) is 9.59 Å². The lowest BCUT2D eigenvalue weighted by Crippen LogP contribution is -2.57. The Bertz CT molecular complexity index is 4660. The SMILES string of the molecule is COc1cc2cc(c1)[C@@H]1NC(=O)[C@@H](Cc3ccc(c(Cl)c3)Oc3cc4cc(c3OC)Oc3ccc(cc3Cl)[C@@H](O[Si](C)(C)C(C)(C)C)[C@@H]3NC(=O)[C@H](NC(=O)[C@@H]4NC1=O)c1ccc(OC)c(c1)-c1c(OC)cc(OC)cc1[C@@H](C(=O)O)NC3=O)NC(=O)[C@@H](NC(=O)OC(C)(C)C)c1ccc(OC)c(c1)O2. The van der Waals surface area contributed by atoms with Gasteiger partial charge < -0.3 is 94.1 Å². The Labute approximate surface area is 615 Å². The molecule has 13 rings (SSSR count). The molecule has 27 nitrogen and oxygen atoms in total. The van der Waals surface area contributed by atoms with Gasteiger partial charge in [0.15, 0.2) is 37.4 Å². The van der Waals surface area contributed by atoms with Crippen LogP contribution in [0.1, 0.15) is 117 Å². The molecule has 7 aromatic rings. The van der Waals surface area contributed by atoms with Crippen LogP contribution >= 0.6 is 23.2 Å². The summed E-state index contributed by atoms with van der Waals surface area (Å²) in [5.74, 6) is -7.94. The van der Waals surface area contributed by atoms with Crippen molar-refractivity contribution >= 4 is 79.0 Å². The van der Waals surface area contributed by atoms with Crippen LogP contribution in [-0.4, -0.2) is 121 Å². The molecule has 105 heavy (non-hydrogen) atoms. The van der Waals surface area contributed by atoms with Gasteiger partial charge in [-0.3, -0.25) is 28.8 Å². The van der Waals surface area contributed by atoms with E-state index in [1.165, 1.54) is 146 Å². The van der Waals surface area contributed by atoms with Crippen molar-refractivity contribution in [2.24, 2.45) is 0 Å². The normalized spacial score (nSPS) is 20.3. The zero-order valence-electron chi connectivity index (χ0n) is 59.8. The Morgan fingerprint density at radius 3 is 1.67 bits per heavy atom. The Morgan fingerprint density at radius 1 is 0.514 bits per heavy atom. The zero-order valence-corrected chi connectivity index (χ0v) is 62.3. The van der Waals surface area contributed by atoms with Crippen molar-refractivity contribution in [3.8, 4) is 80.1 Å². The number of alkyl carbamates (subject to hydrolysis) is 1. The number of carboxylic acids is 1. The highest BCUT2D eigenvalue weighted by atomic mass is 35.5. The summed E-state index contributed by atoms with van der Waals surface area (Å²) in [7, 11) is 4.95. The summed E-state index contributed by atoms with van der Waals surface area (Å²) < 4.78 is 68.0. The number of hydrogen-bond acceptors (Lipinski definition) is 19. The van der Waals surface area contributed by atoms with E-state index in [-0.39, 0.29) is 130 Å². The van der Waals surface area contributed by atoms with Gasteiger partial charge in [0, 0.05) is 35.2 Å². The first-order valence-corrected chi connectivity index (χ1v) is 36.8. The molecule has 0 aliphatic carbocycles. The Balaban J connectivity index is 1.18. The number of nitrogens with one attached hydrogen (secondary N) is 7. The topological polar surface area (TPSA) is 343 Å². The van der Waals surface area contributed by atoms with E-state index in [2.05, 4.69) is 37.2 Å². The quantitative estimate of drug-likeness (QED) is 0.0590. The third-order valence-electron chi connectivity index (χ3n) is 18.5. The minimum Gasteiger partial charge on any atom is -0.497 e. The smallest absolute Gasteiger partial charge is 0.408 e. The second-order valence-corrected chi connectivity index (χ2v) is 33.2. The molecule has 552 valence electrons. The minimum atomic E-state index is -3.14. The van der Waals surface area contributed by atoms with Gasteiger partial charge in [-0.05, 0) is 151 Å². The molecule has 0 radical (unpaired) electrons. The number of rotatable bonds is 10. The van der Waals surface area contributed by atoms with E-state index in [4.69, 9.17) is 75.0 Å². The molecule has 8 atom stereocenters. The lowest BCUT2D eigenvalue weighted by molar-refractivity contribution is -0.143. The second-order valence-electron chi connectivity index (χ2n) is 27.7. The molecule has 8 N–H and O–H groups in total. The maximum Gasteiger partial charge on any atom is 0.408 e.